The third-order valence-electron chi connectivity index (χ3n) is 0. The molecule has 52 valence electrons. The van der Waals surface area contributed by atoms with Crippen molar-refractivity contribution in [1.82, 2.24) is 0 Å². The molecule has 0 saturated carbocycles. The second-order valence-electron chi connectivity index (χ2n) is 0.530. The summed E-state index contributed by atoms with van der Waals surface area (Å²) in [6.07, 6.45) is -1.83. The molecule has 0 spiro atoms. The molecule has 0 aliphatic carbocycles. The molecule has 0 heterocycles. The minimum atomic E-state index is -2.31. The van der Waals surface area contributed by atoms with Crippen molar-refractivity contribution in [3.8, 4) is 0 Å². The fraction of sp³-hybridized carbons (Fsp3) is 0. The maximum Gasteiger partial charge on any atom is 0 e. The van der Waals surface area contributed by atoms with Gasteiger partial charge in [-0.3, -0.25) is 0 Å². The summed E-state index contributed by atoms with van der Waals surface area (Å²) in [4.78, 5) is 8.56. The molecule has 0 amide bonds. The smallest absolute Gasteiger partial charge is 0 e. The van der Waals surface area contributed by atoms with Crippen molar-refractivity contribution in [2.24, 2.45) is 0 Å². The van der Waals surface area contributed by atoms with Crippen LogP contribution in [0.25, 0.3) is 0 Å². The number of hydrogen-bond donors (Lipinski definition) is 2. The Bertz CT molecular complexity index is 63.3. The second-order valence-corrected chi connectivity index (χ2v) is 16.8. The van der Waals surface area contributed by atoms with Gasteiger partial charge in [-0.2, -0.15) is 0 Å². The fourth-order valence-electron chi connectivity index (χ4n) is 0. The van der Waals surface area contributed by atoms with Gasteiger partial charge in [0.1, 0.15) is 0 Å². The van der Waals surface area contributed by atoms with Crippen LogP contribution in [0, 0.1) is 71.1 Å². The van der Waals surface area contributed by atoms with Gasteiger partial charge in [-0.1, -0.05) is 0 Å². The van der Waals surface area contributed by atoms with E-state index in [1.165, 1.54) is 0 Å². The van der Waals surface area contributed by atoms with Gasteiger partial charge in [0.25, 0.3) is 0 Å². The molecule has 9 heavy (non-hydrogen) atoms. The van der Waals surface area contributed by atoms with E-state index in [1.54, 1.807) is 0 Å². The van der Waals surface area contributed by atoms with E-state index in [9.17, 15) is 0 Å². The third-order valence-corrected chi connectivity index (χ3v) is 0. The van der Waals surface area contributed by atoms with Gasteiger partial charge >= 0.3 is 53.6 Å². The van der Waals surface area contributed by atoms with E-state index >= 15 is 0 Å². The molecule has 8 heteroatoms. The van der Waals surface area contributed by atoms with Gasteiger partial charge in [-0.15, -0.1) is 0 Å². The van der Waals surface area contributed by atoms with Crippen LogP contribution in [0.3, 0.4) is 0 Å². The summed E-state index contributed by atoms with van der Waals surface area (Å²) in [6.45, 7) is 0. The first-order valence-electron chi connectivity index (χ1n) is 1.31. The first-order valence-corrected chi connectivity index (χ1v) is 15.2. The average molecular weight is 454 g/mol. The Morgan fingerprint density at radius 2 is 1.22 bits per heavy atom. The normalized spacial score (nSPS) is 5.67. The molecule has 0 bridgehead atoms. The summed E-state index contributed by atoms with van der Waals surface area (Å²) in [7, 11) is 0. The first kappa shape index (κ1) is 17.8. The number of carboxylic acid groups (broad SMARTS) is 2. The summed E-state index contributed by atoms with van der Waals surface area (Å²) < 4.78 is 0. The van der Waals surface area contributed by atoms with Crippen molar-refractivity contribution in [3.05, 3.63) is 0 Å². The van der Waals surface area contributed by atoms with Crippen LogP contribution in [0.2, 0.25) is 0 Å². The van der Waals surface area contributed by atoms with E-state index in [0.717, 1.165) is 0 Å². The monoisotopic (exact) mass is 450 g/mol. The molecule has 0 rings (SSSR count). The average Bonchev–Trinajstić information content (AvgIpc) is 1.25. The van der Waals surface area contributed by atoms with Gasteiger partial charge in [-0.05, 0) is 0 Å². The van der Waals surface area contributed by atoms with E-state index in [0.29, 0.717) is 0 Å². The predicted octanol–water partition coefficient (Wildman–Crippen LogP) is 2.29. The van der Waals surface area contributed by atoms with Crippen molar-refractivity contribution in [1.29, 1.82) is 0 Å². The first-order chi connectivity index (χ1) is 3.46. The molecular formula is CH2Cl3NdO3Pr. The molecule has 0 saturated heterocycles. The van der Waals surface area contributed by atoms with Crippen LogP contribution in [0.15, 0.2) is 0 Å². The van der Waals surface area contributed by atoms with Crippen molar-refractivity contribution in [3.63, 3.8) is 0 Å². The molecule has 0 aromatic rings. The number of carbonyl (C=O) groups is 1. The fourth-order valence-corrected chi connectivity index (χ4v) is 0. The Hall–Kier alpha value is 2.85. The molecule has 0 aromatic carbocycles. The Morgan fingerprint density at radius 3 is 1.22 bits per heavy atom. The molecule has 3 nitrogen and oxygen atoms in total. The molecule has 0 fully saturated rings. The summed E-state index contributed by atoms with van der Waals surface area (Å²) in [5.41, 5.74) is 15.1. The van der Waals surface area contributed by atoms with Crippen molar-refractivity contribution >= 4 is 23.3 Å². The quantitative estimate of drug-likeness (QED) is 0.592. The summed E-state index contributed by atoms with van der Waals surface area (Å²) >= 11 is -2.31. The van der Waals surface area contributed by atoms with E-state index in [4.69, 9.17) is 32.2 Å². The Morgan fingerprint density at radius 1 is 1.22 bits per heavy atom. The van der Waals surface area contributed by atoms with Gasteiger partial charge in [0.15, 0.2) is 0 Å². The van der Waals surface area contributed by atoms with Crippen LogP contribution in [0.5, 0.6) is 0 Å². The van der Waals surface area contributed by atoms with Crippen LogP contribution in [-0.4, -0.2) is 16.4 Å². The Balaban J connectivity index is -0.0000000720. The molecule has 2 N–H and O–H groups in total. The zero-order valence-electron chi connectivity index (χ0n) is 4.01. The van der Waals surface area contributed by atoms with Gasteiger partial charge in [-0.25, -0.2) is 4.79 Å². The third kappa shape index (κ3) is 104. The molecule has 0 unspecified atom stereocenters. The van der Waals surface area contributed by atoms with Crippen LogP contribution in [0.4, 0.5) is 4.79 Å². The van der Waals surface area contributed by atoms with Crippen LogP contribution < -0.4 is 0 Å². The predicted molar refractivity (Wildman–Crippen MR) is 28.2 cm³/mol. The summed E-state index contributed by atoms with van der Waals surface area (Å²) in [6, 6.07) is 0. The minimum absolute atomic E-state index is 0. The van der Waals surface area contributed by atoms with Crippen molar-refractivity contribution < 1.29 is 86.1 Å². The van der Waals surface area contributed by atoms with E-state index in [-0.39, 0.29) is 40.8 Å². The molecule has 0 aromatic heterocycles. The molecular weight excluding hydrogens is 452 g/mol. The van der Waals surface area contributed by atoms with Gasteiger partial charge < -0.3 is 10.2 Å². The molecule has 0 radical (unpaired) electrons. The summed E-state index contributed by atoms with van der Waals surface area (Å²) in [5, 5.41) is 13.9. The van der Waals surface area contributed by atoms with Crippen molar-refractivity contribution in [2.75, 3.05) is 0 Å². The second kappa shape index (κ2) is 13.4. The number of hydrogen-bond acceptors (Lipinski definition) is 1. The molecule has 0 aliphatic rings. The summed E-state index contributed by atoms with van der Waals surface area (Å²) in [5.74, 6) is 0. The van der Waals surface area contributed by atoms with Gasteiger partial charge in [0.2, 0.25) is 0 Å². The zero-order chi connectivity index (χ0) is 7.15. The zero-order valence-corrected chi connectivity index (χ0v) is 13.2. The van der Waals surface area contributed by atoms with Gasteiger partial charge in [0.05, 0.1) is 0 Å². The SMILES string of the molecule is O=C(O)O.[Cl][Pr]([Cl])[Cl].[Nd]. The van der Waals surface area contributed by atoms with Gasteiger partial charge in [0, 0.05) is 40.8 Å². The number of rotatable bonds is 0. The standard InChI is InChI=1S/CH2O3.3ClH.Nd.Pr/c2-1(3)4;;;;;/h(H2,2,3,4);3*1H;;/q;;;;;+3/p-3. The molecule has 0 atom stereocenters. The number of halogens is 3. The van der Waals surface area contributed by atoms with E-state index in [1.807, 2.05) is 0 Å². The maximum atomic E-state index is 8.56. The Kier molecular flexibility index (Phi) is 26.6. The largest absolute Gasteiger partial charge is 0 e. The van der Waals surface area contributed by atoms with E-state index in [2.05, 4.69) is 0 Å². The van der Waals surface area contributed by atoms with Crippen LogP contribution in [-0.2, 0) is 0 Å². The van der Waals surface area contributed by atoms with E-state index < -0.39 is 36.4 Å². The van der Waals surface area contributed by atoms with Crippen LogP contribution >= 0.6 is 17.1 Å². The Labute approximate surface area is 106 Å². The molecule has 0 aliphatic heterocycles. The van der Waals surface area contributed by atoms with Crippen molar-refractivity contribution in [2.45, 2.75) is 0 Å². The maximum absolute atomic E-state index is 8.56. The van der Waals surface area contributed by atoms with Crippen LogP contribution in [0.1, 0.15) is 0 Å². The topological polar surface area (TPSA) is 57.5 Å². The minimum Gasteiger partial charge on any atom is 0 e.